The second kappa shape index (κ2) is 7.79. The fraction of sp³-hybridized carbons (Fsp3) is 0.333. The topological polar surface area (TPSA) is 12.0 Å². The fourth-order valence-corrected chi connectivity index (χ4v) is 3.17. The maximum absolute atomic E-state index is 3.43. The van der Waals surface area contributed by atoms with E-state index in [-0.39, 0.29) is 6.04 Å². The molecule has 0 spiro atoms. The maximum Gasteiger partial charge on any atom is 0.0584 e. The van der Waals surface area contributed by atoms with Gasteiger partial charge in [-0.05, 0) is 65.2 Å². The van der Waals surface area contributed by atoms with Crippen molar-refractivity contribution in [3.05, 3.63) is 68.8 Å². The third kappa shape index (κ3) is 3.83. The average Bonchev–Trinajstić information content (AvgIpc) is 2.49. The number of aryl methyl sites for hydroxylation is 1. The van der Waals surface area contributed by atoms with E-state index in [0.717, 1.165) is 0 Å². The van der Waals surface area contributed by atoms with Crippen molar-refractivity contribution in [3.63, 3.8) is 0 Å². The fourth-order valence-electron chi connectivity index (χ4n) is 2.47. The van der Waals surface area contributed by atoms with Crippen molar-refractivity contribution in [2.24, 2.45) is 0 Å². The predicted molar refractivity (Wildman–Crippen MR) is 95.1 cm³/mol. The van der Waals surface area contributed by atoms with Crippen LogP contribution in [0.15, 0.2) is 48.5 Å². The Hall–Kier alpha value is -0.870. The van der Waals surface area contributed by atoms with Gasteiger partial charge >= 0.3 is 0 Å². The Morgan fingerprint density at radius 1 is 1.05 bits per heavy atom. The Morgan fingerprint density at radius 2 is 1.75 bits per heavy atom. The molecule has 2 aromatic rings. The highest BCUT2D eigenvalue weighted by molar-refractivity contribution is 14.1. The van der Waals surface area contributed by atoms with Gasteiger partial charge in [-0.15, -0.1) is 0 Å². The van der Waals surface area contributed by atoms with E-state index in [1.54, 1.807) is 0 Å². The molecular weight excluding hydrogens is 357 g/mol. The van der Waals surface area contributed by atoms with E-state index in [9.17, 15) is 0 Å². The molecular formula is C18H22IN. The first-order valence-corrected chi connectivity index (χ1v) is 8.34. The molecule has 0 aliphatic carbocycles. The molecule has 2 heteroatoms. The van der Waals surface area contributed by atoms with Crippen molar-refractivity contribution in [3.8, 4) is 0 Å². The molecule has 0 amide bonds. The first-order chi connectivity index (χ1) is 9.76. The van der Waals surface area contributed by atoms with Gasteiger partial charge in [0.05, 0.1) is 6.04 Å². The Labute approximate surface area is 135 Å². The molecule has 0 aliphatic rings. The number of benzene rings is 2. The lowest BCUT2D eigenvalue weighted by Gasteiger charge is -2.19. The van der Waals surface area contributed by atoms with Gasteiger partial charge in [-0.25, -0.2) is 0 Å². The van der Waals surface area contributed by atoms with Crippen LogP contribution in [0.1, 0.15) is 42.5 Å². The number of hydrogen-bond donors (Lipinski definition) is 1. The van der Waals surface area contributed by atoms with Gasteiger partial charge < -0.3 is 5.32 Å². The van der Waals surface area contributed by atoms with Crippen LogP contribution in [-0.4, -0.2) is 7.05 Å². The van der Waals surface area contributed by atoms with Gasteiger partial charge in [0.1, 0.15) is 0 Å². The summed E-state index contributed by atoms with van der Waals surface area (Å²) in [5, 5.41) is 3.43. The molecule has 20 heavy (non-hydrogen) atoms. The summed E-state index contributed by atoms with van der Waals surface area (Å²) in [6.45, 7) is 2.24. The van der Waals surface area contributed by atoms with Crippen LogP contribution in [-0.2, 0) is 6.42 Å². The highest BCUT2D eigenvalue weighted by atomic mass is 127. The highest BCUT2D eigenvalue weighted by Gasteiger charge is 2.14. The van der Waals surface area contributed by atoms with Crippen LogP contribution < -0.4 is 5.32 Å². The van der Waals surface area contributed by atoms with Crippen LogP contribution in [0.2, 0.25) is 0 Å². The molecule has 1 N–H and O–H groups in total. The van der Waals surface area contributed by atoms with Gasteiger partial charge in [0.15, 0.2) is 0 Å². The van der Waals surface area contributed by atoms with Crippen molar-refractivity contribution < 1.29 is 0 Å². The zero-order valence-corrected chi connectivity index (χ0v) is 14.4. The lowest BCUT2D eigenvalue weighted by atomic mass is 9.97. The average molecular weight is 379 g/mol. The third-order valence-corrected chi connectivity index (χ3v) is 4.62. The zero-order valence-electron chi connectivity index (χ0n) is 12.2. The number of halogens is 1. The van der Waals surface area contributed by atoms with Gasteiger partial charge in [0.2, 0.25) is 0 Å². The quantitative estimate of drug-likeness (QED) is 0.701. The third-order valence-electron chi connectivity index (χ3n) is 3.64. The number of rotatable bonds is 6. The number of hydrogen-bond acceptors (Lipinski definition) is 1. The summed E-state index contributed by atoms with van der Waals surface area (Å²) < 4.78 is 1.31. The van der Waals surface area contributed by atoms with E-state index in [2.05, 4.69) is 83.4 Å². The molecule has 0 bridgehead atoms. The molecule has 2 aromatic carbocycles. The number of unbranched alkanes of at least 4 members (excludes halogenated alkanes) is 1. The normalized spacial score (nSPS) is 12.3. The van der Waals surface area contributed by atoms with E-state index >= 15 is 0 Å². The van der Waals surface area contributed by atoms with Crippen LogP contribution in [0, 0.1) is 3.57 Å². The minimum absolute atomic E-state index is 0.267. The molecule has 1 nitrogen and oxygen atoms in total. The molecule has 0 fully saturated rings. The van der Waals surface area contributed by atoms with E-state index in [1.165, 1.54) is 39.5 Å². The van der Waals surface area contributed by atoms with Crippen molar-refractivity contribution in [1.82, 2.24) is 5.32 Å². The predicted octanol–water partition coefficient (Wildman–Crippen LogP) is 4.94. The summed E-state index contributed by atoms with van der Waals surface area (Å²) >= 11 is 2.41. The molecule has 0 aromatic heterocycles. The minimum Gasteiger partial charge on any atom is -0.309 e. The van der Waals surface area contributed by atoms with Crippen LogP contribution >= 0.6 is 22.6 Å². The molecule has 0 saturated carbocycles. The first kappa shape index (κ1) is 15.5. The Balaban J connectivity index is 2.22. The van der Waals surface area contributed by atoms with E-state index in [1.807, 2.05) is 7.05 Å². The lowest BCUT2D eigenvalue weighted by molar-refractivity contribution is 0.688. The standard InChI is InChI=1S/C18H22IN/c1-3-4-7-14-10-12-15(13-11-14)18(20-2)16-8-5-6-9-17(16)19/h5-6,8-13,18,20H,3-4,7H2,1-2H3. The van der Waals surface area contributed by atoms with Crippen LogP contribution in [0.5, 0.6) is 0 Å². The summed E-state index contributed by atoms with van der Waals surface area (Å²) in [5.74, 6) is 0. The molecule has 0 radical (unpaired) electrons. The summed E-state index contributed by atoms with van der Waals surface area (Å²) in [6, 6.07) is 17.9. The van der Waals surface area contributed by atoms with E-state index < -0.39 is 0 Å². The van der Waals surface area contributed by atoms with Crippen molar-refractivity contribution in [2.75, 3.05) is 7.05 Å². The van der Waals surface area contributed by atoms with Gasteiger partial charge in [0, 0.05) is 3.57 Å². The molecule has 1 atom stereocenters. The molecule has 0 heterocycles. The first-order valence-electron chi connectivity index (χ1n) is 7.26. The zero-order chi connectivity index (χ0) is 14.4. The second-order valence-electron chi connectivity index (χ2n) is 5.09. The molecule has 1 unspecified atom stereocenters. The van der Waals surface area contributed by atoms with Crippen LogP contribution in [0.4, 0.5) is 0 Å². The molecule has 0 saturated heterocycles. The van der Waals surface area contributed by atoms with Gasteiger partial charge in [-0.2, -0.15) is 0 Å². The van der Waals surface area contributed by atoms with Crippen molar-refractivity contribution >= 4 is 22.6 Å². The van der Waals surface area contributed by atoms with Gasteiger partial charge in [-0.1, -0.05) is 55.8 Å². The van der Waals surface area contributed by atoms with Gasteiger partial charge in [0.25, 0.3) is 0 Å². The highest BCUT2D eigenvalue weighted by Crippen LogP contribution is 2.26. The second-order valence-corrected chi connectivity index (χ2v) is 6.25. The Bertz CT molecular complexity index is 533. The van der Waals surface area contributed by atoms with Crippen molar-refractivity contribution in [2.45, 2.75) is 32.2 Å². The molecule has 0 aliphatic heterocycles. The number of nitrogens with one attached hydrogen (secondary N) is 1. The van der Waals surface area contributed by atoms with Crippen LogP contribution in [0.3, 0.4) is 0 Å². The Morgan fingerprint density at radius 3 is 2.35 bits per heavy atom. The van der Waals surface area contributed by atoms with E-state index in [4.69, 9.17) is 0 Å². The molecule has 2 rings (SSSR count). The minimum atomic E-state index is 0.267. The summed E-state index contributed by atoms with van der Waals surface area (Å²) in [7, 11) is 2.03. The SMILES string of the molecule is CCCCc1ccc(C(NC)c2ccccc2I)cc1. The summed E-state index contributed by atoms with van der Waals surface area (Å²) in [5.41, 5.74) is 4.11. The maximum atomic E-state index is 3.43. The summed E-state index contributed by atoms with van der Waals surface area (Å²) in [6.07, 6.45) is 3.71. The monoisotopic (exact) mass is 379 g/mol. The van der Waals surface area contributed by atoms with Crippen molar-refractivity contribution in [1.29, 1.82) is 0 Å². The van der Waals surface area contributed by atoms with Gasteiger partial charge in [-0.3, -0.25) is 0 Å². The summed E-state index contributed by atoms with van der Waals surface area (Å²) in [4.78, 5) is 0. The smallest absolute Gasteiger partial charge is 0.0584 e. The lowest BCUT2D eigenvalue weighted by Crippen LogP contribution is -2.18. The molecule has 106 valence electrons. The van der Waals surface area contributed by atoms with E-state index in [0.29, 0.717) is 0 Å². The Kier molecular flexibility index (Phi) is 6.05. The largest absolute Gasteiger partial charge is 0.309 e. The van der Waals surface area contributed by atoms with Crippen LogP contribution in [0.25, 0.3) is 0 Å².